The minimum atomic E-state index is -0.391. The van der Waals surface area contributed by atoms with Crippen LogP contribution in [0.3, 0.4) is 0 Å². The van der Waals surface area contributed by atoms with Crippen LogP contribution in [0.5, 0.6) is 11.5 Å². The molecule has 0 bridgehead atoms. The highest BCUT2D eigenvalue weighted by Gasteiger charge is 2.13. The van der Waals surface area contributed by atoms with Crippen LogP contribution in [0.4, 0.5) is 5.69 Å². The molecule has 0 N–H and O–H groups in total. The van der Waals surface area contributed by atoms with E-state index in [-0.39, 0.29) is 23.9 Å². The third-order valence-electron chi connectivity index (χ3n) is 4.89. The molecule has 0 atom stereocenters. The summed E-state index contributed by atoms with van der Waals surface area (Å²) in [5.74, 6) is 0.978. The van der Waals surface area contributed by atoms with Crippen molar-refractivity contribution in [1.29, 1.82) is 0 Å². The minimum absolute atomic E-state index is 0. The highest BCUT2D eigenvalue weighted by molar-refractivity contribution is 6.09. The first-order chi connectivity index (χ1) is 14.9. The number of carbonyl (C=O) groups excluding carboxylic acids is 1. The maximum Gasteiger partial charge on any atom is 0.269 e. The Labute approximate surface area is 193 Å². The number of ketones is 1. The topological polar surface area (TPSA) is 81.9 Å². The molecule has 0 radical (unpaired) electrons. The lowest BCUT2D eigenvalue weighted by Gasteiger charge is -2.17. The highest BCUT2D eigenvalue weighted by Crippen LogP contribution is 2.28. The van der Waals surface area contributed by atoms with E-state index in [2.05, 4.69) is 4.90 Å². The number of nitro benzene ring substituents is 1. The molecule has 32 heavy (non-hydrogen) atoms. The van der Waals surface area contributed by atoms with Crippen molar-refractivity contribution in [3.63, 3.8) is 0 Å². The summed E-state index contributed by atoms with van der Waals surface area (Å²) in [5, 5.41) is 10.9. The fourth-order valence-electron chi connectivity index (χ4n) is 3.35. The Kier molecular flexibility index (Phi) is 8.75. The van der Waals surface area contributed by atoms with Crippen LogP contribution in [0.2, 0.25) is 0 Å². The van der Waals surface area contributed by atoms with Gasteiger partial charge < -0.3 is 9.47 Å². The van der Waals surface area contributed by atoms with Gasteiger partial charge in [0, 0.05) is 36.3 Å². The van der Waals surface area contributed by atoms with Gasteiger partial charge in [-0.2, -0.15) is 0 Å². The maximum absolute atomic E-state index is 12.8. The third kappa shape index (κ3) is 6.06. The summed E-state index contributed by atoms with van der Waals surface area (Å²) >= 11 is 0. The predicted octanol–water partition coefficient (Wildman–Crippen LogP) is 4.90. The summed E-state index contributed by atoms with van der Waals surface area (Å²) in [7, 11) is 5.03. The van der Waals surface area contributed by atoms with Crippen molar-refractivity contribution in [1.82, 2.24) is 4.90 Å². The second-order valence-corrected chi connectivity index (χ2v) is 7.20. The van der Waals surface area contributed by atoms with E-state index in [0.717, 1.165) is 11.1 Å². The van der Waals surface area contributed by atoms with Crippen LogP contribution < -0.4 is 9.47 Å². The van der Waals surface area contributed by atoms with Crippen LogP contribution in [-0.2, 0) is 13.1 Å². The fraction of sp³-hybridized carbons (Fsp3) is 0.208. The largest absolute Gasteiger partial charge is 0.493 e. The quantitative estimate of drug-likeness (QED) is 0.259. The van der Waals surface area contributed by atoms with Gasteiger partial charge in [-0.1, -0.05) is 36.4 Å². The van der Waals surface area contributed by atoms with Gasteiger partial charge in [-0.15, -0.1) is 12.4 Å². The van der Waals surface area contributed by atoms with Crippen LogP contribution in [0.25, 0.3) is 0 Å². The van der Waals surface area contributed by atoms with E-state index < -0.39 is 4.92 Å². The SMILES string of the molecule is COc1ccc(C(=O)c2ccc(CN(C)Cc3cccc([N+](=O)[O-])c3)cc2)cc1OC.Cl. The number of non-ortho nitro benzene ring substituents is 1. The summed E-state index contributed by atoms with van der Waals surface area (Å²) in [4.78, 5) is 25.4. The van der Waals surface area contributed by atoms with Crippen LogP contribution in [0, 0.1) is 10.1 Å². The molecule has 0 amide bonds. The second kappa shape index (κ2) is 11.3. The summed E-state index contributed by atoms with van der Waals surface area (Å²) < 4.78 is 10.5. The number of hydrogen-bond donors (Lipinski definition) is 0. The van der Waals surface area contributed by atoms with E-state index in [1.807, 2.05) is 25.2 Å². The zero-order valence-electron chi connectivity index (χ0n) is 18.1. The fourth-order valence-corrected chi connectivity index (χ4v) is 3.35. The standard InChI is InChI=1S/C24H24N2O5.ClH/c1-25(16-18-5-4-6-21(13-18)26(28)29)15-17-7-9-19(10-8-17)24(27)20-11-12-22(30-2)23(14-20)31-3;/h4-14H,15-16H2,1-3H3;1H. The molecule has 0 saturated heterocycles. The Balaban J connectivity index is 0.00000363. The lowest BCUT2D eigenvalue weighted by Crippen LogP contribution is -2.17. The first-order valence-electron chi connectivity index (χ1n) is 9.69. The minimum Gasteiger partial charge on any atom is -0.493 e. The Morgan fingerprint density at radius 2 is 1.50 bits per heavy atom. The normalized spacial score (nSPS) is 10.4. The molecule has 3 aromatic rings. The van der Waals surface area contributed by atoms with Gasteiger partial charge in [0.1, 0.15) is 0 Å². The Hall–Kier alpha value is -3.42. The van der Waals surface area contributed by atoms with Gasteiger partial charge in [0.05, 0.1) is 19.1 Å². The van der Waals surface area contributed by atoms with Crippen molar-refractivity contribution in [3.05, 3.63) is 99.1 Å². The number of ether oxygens (including phenoxy) is 2. The molecule has 7 nitrogen and oxygen atoms in total. The highest BCUT2D eigenvalue weighted by atomic mass is 35.5. The van der Waals surface area contributed by atoms with E-state index in [9.17, 15) is 14.9 Å². The lowest BCUT2D eigenvalue weighted by atomic mass is 10.0. The number of hydrogen-bond acceptors (Lipinski definition) is 6. The smallest absolute Gasteiger partial charge is 0.269 e. The number of methoxy groups -OCH3 is 2. The van der Waals surface area contributed by atoms with Crippen molar-refractivity contribution in [2.24, 2.45) is 0 Å². The van der Waals surface area contributed by atoms with Crippen LogP contribution in [0.15, 0.2) is 66.7 Å². The zero-order valence-corrected chi connectivity index (χ0v) is 18.9. The third-order valence-corrected chi connectivity index (χ3v) is 4.89. The average molecular weight is 457 g/mol. The Morgan fingerprint density at radius 3 is 2.12 bits per heavy atom. The molecule has 0 fully saturated rings. The zero-order chi connectivity index (χ0) is 22.4. The molecule has 0 heterocycles. The van der Waals surface area contributed by atoms with E-state index >= 15 is 0 Å². The number of nitro groups is 1. The van der Waals surface area contributed by atoms with Crippen LogP contribution >= 0.6 is 12.4 Å². The van der Waals surface area contributed by atoms with Gasteiger partial charge in [0.2, 0.25) is 0 Å². The molecule has 0 aromatic heterocycles. The molecule has 3 aromatic carbocycles. The van der Waals surface area contributed by atoms with Gasteiger partial charge in [-0.3, -0.25) is 19.8 Å². The first-order valence-corrected chi connectivity index (χ1v) is 9.69. The Bertz CT molecular complexity index is 1090. The molecule has 0 aliphatic heterocycles. The van der Waals surface area contributed by atoms with E-state index in [4.69, 9.17) is 9.47 Å². The van der Waals surface area contributed by atoms with Gasteiger partial charge in [0.15, 0.2) is 17.3 Å². The molecular weight excluding hydrogens is 432 g/mol. The van der Waals surface area contributed by atoms with Crippen molar-refractivity contribution >= 4 is 23.9 Å². The van der Waals surface area contributed by atoms with Crippen molar-refractivity contribution in [3.8, 4) is 11.5 Å². The van der Waals surface area contributed by atoms with Gasteiger partial charge in [-0.25, -0.2) is 0 Å². The summed E-state index contributed by atoms with van der Waals surface area (Å²) in [6.07, 6.45) is 0. The molecule has 0 unspecified atom stereocenters. The van der Waals surface area contributed by atoms with Crippen molar-refractivity contribution < 1.29 is 19.2 Å². The predicted molar refractivity (Wildman–Crippen MR) is 125 cm³/mol. The summed E-state index contributed by atoms with van der Waals surface area (Å²) in [5.41, 5.74) is 3.10. The van der Waals surface area contributed by atoms with E-state index in [0.29, 0.717) is 35.7 Å². The maximum atomic E-state index is 12.8. The van der Waals surface area contributed by atoms with Gasteiger partial charge in [-0.05, 0) is 36.4 Å². The number of nitrogens with zero attached hydrogens (tertiary/aromatic N) is 2. The monoisotopic (exact) mass is 456 g/mol. The lowest BCUT2D eigenvalue weighted by molar-refractivity contribution is -0.384. The number of halogens is 1. The van der Waals surface area contributed by atoms with Crippen LogP contribution in [-0.4, -0.2) is 36.9 Å². The summed E-state index contributed by atoms with van der Waals surface area (Å²) in [6.45, 7) is 1.22. The van der Waals surface area contributed by atoms with E-state index in [1.54, 1.807) is 49.6 Å². The summed E-state index contributed by atoms with van der Waals surface area (Å²) in [6, 6.07) is 19.2. The average Bonchev–Trinajstić information content (AvgIpc) is 2.78. The molecule has 8 heteroatoms. The Morgan fingerprint density at radius 1 is 0.875 bits per heavy atom. The molecule has 0 aliphatic rings. The van der Waals surface area contributed by atoms with Crippen molar-refractivity contribution in [2.75, 3.05) is 21.3 Å². The molecular formula is C24H25ClN2O5. The molecule has 168 valence electrons. The molecule has 3 rings (SSSR count). The molecule has 0 saturated carbocycles. The first kappa shape index (κ1) is 24.8. The van der Waals surface area contributed by atoms with Crippen LogP contribution in [0.1, 0.15) is 27.0 Å². The molecule has 0 aliphatic carbocycles. The van der Waals surface area contributed by atoms with Gasteiger partial charge >= 0.3 is 0 Å². The second-order valence-electron chi connectivity index (χ2n) is 7.20. The van der Waals surface area contributed by atoms with Crippen molar-refractivity contribution in [2.45, 2.75) is 13.1 Å². The number of benzene rings is 3. The van der Waals surface area contributed by atoms with Gasteiger partial charge in [0.25, 0.3) is 5.69 Å². The number of rotatable bonds is 9. The molecule has 0 spiro atoms. The van der Waals surface area contributed by atoms with E-state index in [1.165, 1.54) is 13.2 Å². The number of carbonyl (C=O) groups is 1.